The molecule has 0 heterocycles. The molecule has 0 aliphatic carbocycles. The van der Waals surface area contributed by atoms with Crippen LogP contribution in [0.5, 0.6) is 0 Å². The van der Waals surface area contributed by atoms with Crippen molar-refractivity contribution in [2.45, 2.75) is 38.5 Å². The van der Waals surface area contributed by atoms with Gasteiger partial charge in [-0.15, -0.1) is 11.6 Å². The van der Waals surface area contributed by atoms with Crippen LogP contribution in [-0.2, 0) is 6.42 Å². The lowest BCUT2D eigenvalue weighted by Crippen LogP contribution is -2.08. The first-order valence-electron chi connectivity index (χ1n) is 5.50. The number of hydrogen-bond acceptors (Lipinski definition) is 0. The summed E-state index contributed by atoms with van der Waals surface area (Å²) in [6.45, 7) is 4.48. The Morgan fingerprint density at radius 1 is 1.40 bits per heavy atom. The Hall–Kier alpha value is -0.0100. The first-order valence-corrected chi connectivity index (χ1v) is 6.73. The molecule has 0 saturated heterocycles. The normalized spacial score (nSPS) is 14.9. The maximum absolute atomic E-state index is 6.33. The first kappa shape index (κ1) is 13.1. The van der Waals surface area contributed by atoms with Gasteiger partial charge < -0.3 is 0 Å². The van der Waals surface area contributed by atoms with Gasteiger partial charge in [0, 0.05) is 9.85 Å². The summed E-state index contributed by atoms with van der Waals surface area (Å²) < 4.78 is 1.13. The fourth-order valence-corrected chi connectivity index (χ4v) is 2.54. The summed E-state index contributed by atoms with van der Waals surface area (Å²) in [4.78, 5) is 0. The summed E-state index contributed by atoms with van der Waals surface area (Å²) in [5.41, 5.74) is 1.31. The van der Waals surface area contributed by atoms with Crippen LogP contribution < -0.4 is 0 Å². The van der Waals surface area contributed by atoms with E-state index >= 15 is 0 Å². The molecule has 2 atom stereocenters. The molecule has 84 valence electrons. The molecule has 0 nitrogen and oxygen atoms in total. The van der Waals surface area contributed by atoms with Crippen LogP contribution in [0.2, 0.25) is 0 Å². The summed E-state index contributed by atoms with van der Waals surface area (Å²) >= 11 is 9.80. The third kappa shape index (κ3) is 5.03. The van der Waals surface area contributed by atoms with E-state index in [1.165, 1.54) is 12.0 Å². The number of benzene rings is 1. The van der Waals surface area contributed by atoms with Gasteiger partial charge in [0.05, 0.1) is 0 Å². The molecule has 1 rings (SSSR count). The molecule has 2 heteroatoms. The molecule has 0 fully saturated rings. The second-order valence-corrected chi connectivity index (χ2v) is 5.71. The summed E-state index contributed by atoms with van der Waals surface area (Å²) in [5, 5.41) is 0.259. The number of rotatable bonds is 5. The van der Waals surface area contributed by atoms with E-state index in [0.717, 1.165) is 23.2 Å². The van der Waals surface area contributed by atoms with Gasteiger partial charge in [0.25, 0.3) is 0 Å². The Labute approximate surface area is 106 Å². The predicted molar refractivity (Wildman–Crippen MR) is 71.6 cm³/mol. The van der Waals surface area contributed by atoms with E-state index in [1.807, 2.05) is 6.07 Å². The molecule has 0 N–H and O–H groups in total. The highest BCUT2D eigenvalue weighted by molar-refractivity contribution is 9.10. The molecule has 0 radical (unpaired) electrons. The van der Waals surface area contributed by atoms with Gasteiger partial charge in [-0.3, -0.25) is 0 Å². The molecule has 15 heavy (non-hydrogen) atoms. The van der Waals surface area contributed by atoms with Crippen molar-refractivity contribution in [2.75, 3.05) is 0 Å². The van der Waals surface area contributed by atoms with Crippen molar-refractivity contribution >= 4 is 27.5 Å². The predicted octanol–water partition coefficient (Wildman–Crippen LogP) is 5.04. The summed E-state index contributed by atoms with van der Waals surface area (Å²) in [5.74, 6) is 0.722. The molecule has 0 bridgehead atoms. The van der Waals surface area contributed by atoms with Crippen LogP contribution in [0.15, 0.2) is 28.7 Å². The van der Waals surface area contributed by atoms with Crippen LogP contribution in [0.3, 0.4) is 0 Å². The van der Waals surface area contributed by atoms with Gasteiger partial charge in [-0.2, -0.15) is 0 Å². The van der Waals surface area contributed by atoms with E-state index in [0.29, 0.717) is 0 Å². The molecule has 0 spiro atoms. The minimum Gasteiger partial charge on any atom is -0.123 e. The number of alkyl halides is 1. The molecule has 0 aliphatic heterocycles. The largest absolute Gasteiger partial charge is 0.123 e. The maximum Gasteiger partial charge on any atom is 0.0378 e. The SMILES string of the molecule is CCC(C)CC(Cl)Cc1cccc(Br)c1. The molecule has 0 saturated carbocycles. The Morgan fingerprint density at radius 3 is 2.73 bits per heavy atom. The third-order valence-electron chi connectivity index (χ3n) is 2.70. The number of halogens is 2. The van der Waals surface area contributed by atoms with Crippen molar-refractivity contribution in [3.63, 3.8) is 0 Å². The topological polar surface area (TPSA) is 0 Å². The van der Waals surface area contributed by atoms with E-state index in [2.05, 4.69) is 48.0 Å². The highest BCUT2D eigenvalue weighted by atomic mass is 79.9. The van der Waals surface area contributed by atoms with Crippen LogP contribution in [0.4, 0.5) is 0 Å². The van der Waals surface area contributed by atoms with Gasteiger partial charge in [-0.1, -0.05) is 48.3 Å². The van der Waals surface area contributed by atoms with E-state index in [4.69, 9.17) is 11.6 Å². The molecule has 1 aromatic rings. The average Bonchev–Trinajstić information content (AvgIpc) is 2.17. The number of hydrogen-bond donors (Lipinski definition) is 0. The van der Waals surface area contributed by atoms with Crippen LogP contribution in [0.25, 0.3) is 0 Å². The summed E-state index contributed by atoms with van der Waals surface area (Å²) in [6, 6.07) is 8.39. The first-order chi connectivity index (χ1) is 7.11. The van der Waals surface area contributed by atoms with Gasteiger partial charge in [-0.05, 0) is 36.5 Å². The maximum atomic E-state index is 6.33. The molecule has 0 aromatic heterocycles. The molecule has 0 amide bonds. The molecule has 1 aromatic carbocycles. The molecule has 2 unspecified atom stereocenters. The van der Waals surface area contributed by atoms with E-state index in [9.17, 15) is 0 Å². The van der Waals surface area contributed by atoms with Crippen molar-refractivity contribution in [3.8, 4) is 0 Å². The Bertz CT molecular complexity index is 298. The van der Waals surface area contributed by atoms with Crippen molar-refractivity contribution in [3.05, 3.63) is 34.3 Å². The Morgan fingerprint density at radius 2 is 2.13 bits per heavy atom. The summed E-state index contributed by atoms with van der Waals surface area (Å²) in [7, 11) is 0. The lowest BCUT2D eigenvalue weighted by molar-refractivity contribution is 0.500. The summed E-state index contributed by atoms with van der Waals surface area (Å²) in [6.07, 6.45) is 3.28. The van der Waals surface area contributed by atoms with Gasteiger partial charge in [-0.25, -0.2) is 0 Å². The van der Waals surface area contributed by atoms with Crippen LogP contribution in [0.1, 0.15) is 32.3 Å². The fourth-order valence-electron chi connectivity index (χ4n) is 1.61. The molecular formula is C13H18BrCl. The molecule has 0 aliphatic rings. The standard InChI is InChI=1S/C13H18BrCl/c1-3-10(2)7-13(15)9-11-5-4-6-12(14)8-11/h4-6,8,10,13H,3,7,9H2,1-2H3. The van der Waals surface area contributed by atoms with E-state index < -0.39 is 0 Å². The van der Waals surface area contributed by atoms with Crippen LogP contribution >= 0.6 is 27.5 Å². The van der Waals surface area contributed by atoms with E-state index in [1.54, 1.807) is 0 Å². The monoisotopic (exact) mass is 288 g/mol. The minimum absolute atomic E-state index is 0.259. The van der Waals surface area contributed by atoms with Crippen molar-refractivity contribution < 1.29 is 0 Å². The molecular weight excluding hydrogens is 272 g/mol. The lowest BCUT2D eigenvalue weighted by atomic mass is 9.99. The quantitative estimate of drug-likeness (QED) is 0.667. The zero-order valence-electron chi connectivity index (χ0n) is 9.34. The zero-order valence-corrected chi connectivity index (χ0v) is 11.7. The van der Waals surface area contributed by atoms with Gasteiger partial charge in [0.1, 0.15) is 0 Å². The van der Waals surface area contributed by atoms with Crippen molar-refractivity contribution in [2.24, 2.45) is 5.92 Å². The second kappa shape index (κ2) is 6.55. The van der Waals surface area contributed by atoms with Gasteiger partial charge in [0.2, 0.25) is 0 Å². The lowest BCUT2D eigenvalue weighted by Gasteiger charge is -2.14. The fraction of sp³-hybridized carbons (Fsp3) is 0.538. The second-order valence-electron chi connectivity index (χ2n) is 4.18. The van der Waals surface area contributed by atoms with Crippen molar-refractivity contribution in [1.82, 2.24) is 0 Å². The Kier molecular flexibility index (Phi) is 5.70. The Balaban J connectivity index is 2.47. The van der Waals surface area contributed by atoms with Crippen LogP contribution in [-0.4, -0.2) is 5.38 Å². The van der Waals surface area contributed by atoms with Gasteiger partial charge >= 0.3 is 0 Å². The highest BCUT2D eigenvalue weighted by Crippen LogP contribution is 2.20. The third-order valence-corrected chi connectivity index (χ3v) is 3.53. The average molecular weight is 290 g/mol. The van der Waals surface area contributed by atoms with Gasteiger partial charge in [0.15, 0.2) is 0 Å². The smallest absolute Gasteiger partial charge is 0.0378 e. The van der Waals surface area contributed by atoms with Crippen molar-refractivity contribution in [1.29, 1.82) is 0 Å². The highest BCUT2D eigenvalue weighted by Gasteiger charge is 2.10. The zero-order chi connectivity index (χ0) is 11.3. The van der Waals surface area contributed by atoms with E-state index in [-0.39, 0.29) is 5.38 Å². The minimum atomic E-state index is 0.259. The van der Waals surface area contributed by atoms with Crippen LogP contribution in [0, 0.1) is 5.92 Å².